The lowest BCUT2D eigenvalue weighted by atomic mass is 10.2. The minimum atomic E-state index is 0.534. The van der Waals surface area contributed by atoms with Gasteiger partial charge in [0.1, 0.15) is 16.5 Å². The Morgan fingerprint density at radius 1 is 1.26 bits per heavy atom. The van der Waals surface area contributed by atoms with Crippen LogP contribution in [-0.4, -0.2) is 19.7 Å². The van der Waals surface area contributed by atoms with E-state index in [1.807, 2.05) is 17.7 Å². The molecule has 0 saturated carbocycles. The second kappa shape index (κ2) is 4.58. The second-order valence-corrected chi connectivity index (χ2v) is 6.09. The van der Waals surface area contributed by atoms with Crippen LogP contribution in [0.1, 0.15) is 22.0 Å². The molecule has 0 saturated heterocycles. The SMILES string of the molecule is Cc1sc2nc(Cn3nccc3C)nc(Cl)c2c1C. The zero-order valence-electron chi connectivity index (χ0n) is 10.9. The molecule has 3 heterocycles. The van der Waals surface area contributed by atoms with Crippen LogP contribution in [0, 0.1) is 20.8 Å². The summed E-state index contributed by atoms with van der Waals surface area (Å²) < 4.78 is 1.87. The van der Waals surface area contributed by atoms with Crippen LogP contribution in [0.4, 0.5) is 0 Å². The van der Waals surface area contributed by atoms with E-state index in [1.165, 1.54) is 10.4 Å². The van der Waals surface area contributed by atoms with E-state index < -0.39 is 0 Å². The summed E-state index contributed by atoms with van der Waals surface area (Å²) in [4.78, 5) is 11.2. The molecule has 6 heteroatoms. The molecule has 0 bridgehead atoms. The summed E-state index contributed by atoms with van der Waals surface area (Å²) in [7, 11) is 0. The first-order chi connectivity index (χ1) is 9.06. The third kappa shape index (κ3) is 2.13. The molecule has 4 nitrogen and oxygen atoms in total. The highest BCUT2D eigenvalue weighted by molar-refractivity contribution is 7.18. The average molecular weight is 293 g/mol. The van der Waals surface area contributed by atoms with Crippen molar-refractivity contribution in [3.63, 3.8) is 0 Å². The third-order valence-electron chi connectivity index (χ3n) is 3.25. The Labute approximate surface area is 120 Å². The Morgan fingerprint density at radius 2 is 2.05 bits per heavy atom. The molecule has 3 aromatic rings. The van der Waals surface area contributed by atoms with Crippen molar-refractivity contribution in [2.75, 3.05) is 0 Å². The zero-order valence-corrected chi connectivity index (χ0v) is 12.5. The first-order valence-electron chi connectivity index (χ1n) is 5.97. The predicted molar refractivity (Wildman–Crippen MR) is 78.0 cm³/mol. The van der Waals surface area contributed by atoms with E-state index in [0.717, 1.165) is 15.9 Å². The fourth-order valence-corrected chi connectivity index (χ4v) is 3.44. The van der Waals surface area contributed by atoms with Gasteiger partial charge >= 0.3 is 0 Å². The molecule has 0 atom stereocenters. The average Bonchev–Trinajstić information content (AvgIpc) is 2.85. The lowest BCUT2D eigenvalue weighted by Gasteiger charge is -2.04. The van der Waals surface area contributed by atoms with Gasteiger partial charge in [-0.25, -0.2) is 9.97 Å². The molecule has 3 rings (SSSR count). The molecule has 0 aromatic carbocycles. The number of aromatic nitrogens is 4. The fourth-order valence-electron chi connectivity index (χ4n) is 2.01. The van der Waals surface area contributed by atoms with E-state index in [2.05, 4.69) is 28.9 Å². The Hall–Kier alpha value is -1.46. The normalized spacial score (nSPS) is 11.4. The van der Waals surface area contributed by atoms with Gasteiger partial charge in [-0.15, -0.1) is 11.3 Å². The summed E-state index contributed by atoms with van der Waals surface area (Å²) in [6, 6.07) is 1.96. The number of halogens is 1. The van der Waals surface area contributed by atoms with Crippen LogP contribution in [0.5, 0.6) is 0 Å². The standard InChI is InChI=1S/C13H13ClN4S/c1-7-4-5-15-18(7)6-10-16-12(14)11-8(2)9(3)19-13(11)17-10/h4-5H,6H2,1-3H3. The van der Waals surface area contributed by atoms with E-state index in [4.69, 9.17) is 11.6 Å². The van der Waals surface area contributed by atoms with E-state index in [0.29, 0.717) is 17.5 Å². The van der Waals surface area contributed by atoms with Crippen LogP contribution in [0.25, 0.3) is 10.2 Å². The molecule has 0 unspecified atom stereocenters. The van der Waals surface area contributed by atoms with E-state index in [9.17, 15) is 0 Å². The summed E-state index contributed by atoms with van der Waals surface area (Å²) in [6.07, 6.45) is 1.77. The van der Waals surface area contributed by atoms with E-state index in [1.54, 1.807) is 17.5 Å². The monoisotopic (exact) mass is 292 g/mol. The number of hydrogen-bond acceptors (Lipinski definition) is 4. The lowest BCUT2D eigenvalue weighted by Crippen LogP contribution is -2.07. The maximum Gasteiger partial charge on any atom is 0.153 e. The highest BCUT2D eigenvalue weighted by atomic mass is 35.5. The number of aryl methyl sites for hydroxylation is 3. The van der Waals surface area contributed by atoms with Gasteiger partial charge in [0.25, 0.3) is 0 Å². The van der Waals surface area contributed by atoms with Gasteiger partial charge in [-0.05, 0) is 32.4 Å². The molecular formula is C13H13ClN4S. The van der Waals surface area contributed by atoms with Crippen LogP contribution >= 0.6 is 22.9 Å². The van der Waals surface area contributed by atoms with Crippen molar-refractivity contribution in [1.29, 1.82) is 0 Å². The zero-order chi connectivity index (χ0) is 13.6. The van der Waals surface area contributed by atoms with Crippen molar-refractivity contribution in [2.24, 2.45) is 0 Å². The van der Waals surface area contributed by atoms with Crippen LogP contribution in [0.2, 0.25) is 5.15 Å². The summed E-state index contributed by atoms with van der Waals surface area (Å²) in [6.45, 7) is 6.69. The molecular weight excluding hydrogens is 280 g/mol. The van der Waals surface area contributed by atoms with Gasteiger partial charge < -0.3 is 0 Å². The van der Waals surface area contributed by atoms with Crippen molar-refractivity contribution < 1.29 is 0 Å². The smallest absolute Gasteiger partial charge is 0.153 e. The summed E-state index contributed by atoms with van der Waals surface area (Å²) in [5, 5.41) is 5.75. The molecule has 3 aromatic heterocycles. The predicted octanol–water partition coefficient (Wildman–Crippen LogP) is 3.51. The Morgan fingerprint density at radius 3 is 2.74 bits per heavy atom. The maximum atomic E-state index is 6.29. The Balaban J connectivity index is 2.09. The summed E-state index contributed by atoms with van der Waals surface area (Å²) >= 11 is 7.95. The Bertz CT molecular complexity index is 759. The van der Waals surface area contributed by atoms with E-state index in [-0.39, 0.29) is 0 Å². The molecule has 0 spiro atoms. The Kier molecular flexibility index (Phi) is 3.03. The third-order valence-corrected chi connectivity index (χ3v) is 4.63. The molecule has 0 radical (unpaired) electrons. The van der Waals surface area contributed by atoms with Gasteiger partial charge in [-0.1, -0.05) is 11.6 Å². The van der Waals surface area contributed by atoms with Crippen LogP contribution in [0.3, 0.4) is 0 Å². The maximum absolute atomic E-state index is 6.29. The van der Waals surface area contributed by atoms with Crippen LogP contribution in [0.15, 0.2) is 12.3 Å². The van der Waals surface area contributed by atoms with Crippen molar-refractivity contribution >= 4 is 33.2 Å². The lowest BCUT2D eigenvalue weighted by molar-refractivity contribution is 0.639. The molecule has 0 N–H and O–H groups in total. The van der Waals surface area contributed by atoms with Gasteiger partial charge in [0.05, 0.1) is 5.39 Å². The molecule has 0 fully saturated rings. The molecule has 0 amide bonds. The largest absolute Gasteiger partial charge is 0.262 e. The van der Waals surface area contributed by atoms with Crippen molar-refractivity contribution in [3.8, 4) is 0 Å². The topological polar surface area (TPSA) is 43.6 Å². The highest BCUT2D eigenvalue weighted by Crippen LogP contribution is 2.32. The summed E-state index contributed by atoms with van der Waals surface area (Å²) in [5.74, 6) is 0.700. The van der Waals surface area contributed by atoms with Crippen molar-refractivity contribution in [2.45, 2.75) is 27.3 Å². The quantitative estimate of drug-likeness (QED) is 0.679. The van der Waals surface area contributed by atoms with Crippen LogP contribution < -0.4 is 0 Å². The van der Waals surface area contributed by atoms with Gasteiger partial charge in [0.15, 0.2) is 5.82 Å². The molecule has 19 heavy (non-hydrogen) atoms. The second-order valence-electron chi connectivity index (χ2n) is 4.52. The van der Waals surface area contributed by atoms with Gasteiger partial charge in [0.2, 0.25) is 0 Å². The minimum Gasteiger partial charge on any atom is -0.262 e. The minimum absolute atomic E-state index is 0.534. The highest BCUT2D eigenvalue weighted by Gasteiger charge is 2.13. The molecule has 0 aliphatic carbocycles. The summed E-state index contributed by atoms with van der Waals surface area (Å²) in [5.41, 5.74) is 2.25. The van der Waals surface area contributed by atoms with Gasteiger partial charge in [-0.3, -0.25) is 4.68 Å². The molecule has 0 aliphatic rings. The number of hydrogen-bond donors (Lipinski definition) is 0. The van der Waals surface area contributed by atoms with E-state index >= 15 is 0 Å². The number of rotatable bonds is 2. The first-order valence-corrected chi connectivity index (χ1v) is 7.16. The van der Waals surface area contributed by atoms with Crippen molar-refractivity contribution in [1.82, 2.24) is 19.7 Å². The van der Waals surface area contributed by atoms with Crippen LogP contribution in [-0.2, 0) is 6.54 Å². The van der Waals surface area contributed by atoms with Crippen molar-refractivity contribution in [3.05, 3.63) is 39.4 Å². The number of nitrogens with zero attached hydrogens (tertiary/aromatic N) is 4. The van der Waals surface area contributed by atoms with Gasteiger partial charge in [0, 0.05) is 16.8 Å². The molecule has 0 aliphatic heterocycles. The fraction of sp³-hybridized carbons (Fsp3) is 0.308. The first kappa shape index (κ1) is 12.6. The number of fused-ring (bicyclic) bond motifs is 1. The number of thiophene rings is 1. The molecule has 98 valence electrons. The van der Waals surface area contributed by atoms with Gasteiger partial charge in [-0.2, -0.15) is 5.10 Å².